The van der Waals surface area contributed by atoms with Crippen molar-refractivity contribution in [3.05, 3.63) is 41.7 Å². The molecule has 1 amide bonds. The highest BCUT2D eigenvalue weighted by molar-refractivity contribution is 5.72. The topological polar surface area (TPSA) is 46.9 Å². The summed E-state index contributed by atoms with van der Waals surface area (Å²) in [4.78, 5) is 10.4. The molecule has 0 fully saturated rings. The van der Waals surface area contributed by atoms with Crippen molar-refractivity contribution < 1.29 is 13.6 Å². The average Bonchev–Trinajstić information content (AvgIpc) is 2.83. The lowest BCUT2D eigenvalue weighted by atomic mass is 10.1. The van der Waals surface area contributed by atoms with Crippen LogP contribution in [-0.4, -0.2) is 16.2 Å². The van der Waals surface area contributed by atoms with Gasteiger partial charge in [-0.15, -0.1) is 0 Å². The zero-order chi connectivity index (χ0) is 13.8. The lowest BCUT2D eigenvalue weighted by Crippen LogP contribution is -1.97. The number of benzene rings is 1. The number of aryl methyl sites for hydroxylation is 1. The molecule has 4 nitrogen and oxygen atoms in total. The molecule has 0 unspecified atom stereocenters. The van der Waals surface area contributed by atoms with Crippen molar-refractivity contribution in [2.24, 2.45) is 0 Å². The summed E-state index contributed by atoms with van der Waals surface area (Å²) in [7, 11) is 0. The second-order valence-electron chi connectivity index (χ2n) is 3.96. The molecule has 1 heterocycles. The van der Waals surface area contributed by atoms with E-state index in [0.29, 0.717) is 12.1 Å². The van der Waals surface area contributed by atoms with Crippen molar-refractivity contribution in [2.45, 2.75) is 19.8 Å². The van der Waals surface area contributed by atoms with Gasteiger partial charge in [-0.2, -0.15) is 5.10 Å². The average molecular weight is 265 g/mol. The number of halogens is 2. The molecule has 1 aromatic heterocycles. The van der Waals surface area contributed by atoms with Crippen LogP contribution >= 0.6 is 0 Å². The van der Waals surface area contributed by atoms with Crippen molar-refractivity contribution in [3.8, 4) is 5.69 Å². The normalized spacial score (nSPS) is 10.7. The van der Waals surface area contributed by atoms with Gasteiger partial charge in [-0.1, -0.05) is 19.1 Å². The lowest BCUT2D eigenvalue weighted by Gasteiger charge is -2.02. The van der Waals surface area contributed by atoms with Crippen molar-refractivity contribution in [2.75, 3.05) is 5.32 Å². The molecule has 2 rings (SSSR count). The van der Waals surface area contributed by atoms with E-state index in [0.717, 1.165) is 12.0 Å². The second kappa shape index (κ2) is 5.60. The Labute approximate surface area is 109 Å². The van der Waals surface area contributed by atoms with Gasteiger partial charge in [0.25, 0.3) is 6.43 Å². The summed E-state index contributed by atoms with van der Waals surface area (Å²) in [5.74, 6) is 0. The minimum atomic E-state index is -2.74. The van der Waals surface area contributed by atoms with Crippen LogP contribution in [0.3, 0.4) is 0 Å². The molecule has 0 saturated carbocycles. The SMILES string of the molecule is CCc1ccc(-n2cc(NC=O)c(C(F)F)n2)cc1. The molecule has 0 bridgehead atoms. The summed E-state index contributed by atoms with van der Waals surface area (Å²) >= 11 is 0. The van der Waals surface area contributed by atoms with Crippen LogP contribution in [0.25, 0.3) is 5.69 Å². The monoisotopic (exact) mass is 265 g/mol. The van der Waals surface area contributed by atoms with Crippen LogP contribution in [0.15, 0.2) is 30.5 Å². The van der Waals surface area contributed by atoms with E-state index < -0.39 is 12.1 Å². The number of carbonyl (C=O) groups excluding carboxylic acids is 1. The largest absolute Gasteiger partial charge is 0.326 e. The Kier molecular flexibility index (Phi) is 3.89. The fourth-order valence-corrected chi connectivity index (χ4v) is 1.74. The van der Waals surface area contributed by atoms with Crippen LogP contribution in [-0.2, 0) is 11.2 Å². The van der Waals surface area contributed by atoms with Crippen molar-refractivity contribution in [3.63, 3.8) is 0 Å². The van der Waals surface area contributed by atoms with Crippen molar-refractivity contribution in [1.82, 2.24) is 9.78 Å². The van der Waals surface area contributed by atoms with Gasteiger partial charge in [-0.3, -0.25) is 4.79 Å². The maximum absolute atomic E-state index is 12.8. The zero-order valence-corrected chi connectivity index (χ0v) is 10.3. The first-order chi connectivity index (χ1) is 9.15. The molecule has 19 heavy (non-hydrogen) atoms. The highest BCUT2D eigenvalue weighted by Gasteiger charge is 2.18. The van der Waals surface area contributed by atoms with E-state index in [9.17, 15) is 13.6 Å². The van der Waals surface area contributed by atoms with Crippen LogP contribution in [0.1, 0.15) is 24.6 Å². The third-order valence-corrected chi connectivity index (χ3v) is 2.77. The van der Waals surface area contributed by atoms with Crippen LogP contribution in [0.5, 0.6) is 0 Å². The van der Waals surface area contributed by atoms with Crippen LogP contribution in [0, 0.1) is 0 Å². The molecule has 6 heteroatoms. The molecule has 0 aliphatic heterocycles. The molecule has 0 spiro atoms. The van der Waals surface area contributed by atoms with Gasteiger partial charge in [0.15, 0.2) is 5.69 Å². The Morgan fingerprint density at radius 3 is 2.58 bits per heavy atom. The molecular formula is C13H13F2N3O. The van der Waals surface area contributed by atoms with Crippen LogP contribution < -0.4 is 5.32 Å². The Bertz CT molecular complexity index is 564. The summed E-state index contributed by atoms with van der Waals surface area (Å²) in [5.41, 5.74) is 1.39. The first-order valence-corrected chi connectivity index (χ1v) is 5.83. The Hall–Kier alpha value is -2.24. The summed E-state index contributed by atoms with van der Waals surface area (Å²) < 4.78 is 26.9. The number of hydrogen-bond acceptors (Lipinski definition) is 2. The number of anilines is 1. The summed E-state index contributed by atoms with van der Waals surface area (Å²) in [5, 5.41) is 6.03. The molecule has 0 radical (unpaired) electrons. The van der Waals surface area contributed by atoms with E-state index in [1.807, 2.05) is 19.1 Å². The maximum Gasteiger partial charge on any atom is 0.284 e. The van der Waals surface area contributed by atoms with Crippen LogP contribution in [0.2, 0.25) is 0 Å². The van der Waals surface area contributed by atoms with Gasteiger partial charge in [-0.25, -0.2) is 13.5 Å². The molecule has 0 saturated heterocycles. The number of nitrogens with zero attached hydrogens (tertiary/aromatic N) is 2. The van der Waals surface area contributed by atoms with Gasteiger partial charge in [0.2, 0.25) is 6.41 Å². The van der Waals surface area contributed by atoms with E-state index in [-0.39, 0.29) is 5.69 Å². The fourth-order valence-electron chi connectivity index (χ4n) is 1.74. The van der Waals surface area contributed by atoms with E-state index >= 15 is 0 Å². The summed E-state index contributed by atoms with van der Waals surface area (Å²) in [6.07, 6.45) is -0.109. The predicted molar refractivity (Wildman–Crippen MR) is 67.6 cm³/mol. The second-order valence-corrected chi connectivity index (χ2v) is 3.96. The minimum absolute atomic E-state index is 0.0181. The quantitative estimate of drug-likeness (QED) is 0.845. The molecule has 1 N–H and O–H groups in total. The summed E-state index contributed by atoms with van der Waals surface area (Å²) in [6.45, 7) is 2.03. The third-order valence-electron chi connectivity index (χ3n) is 2.77. The first-order valence-electron chi connectivity index (χ1n) is 5.83. The van der Waals surface area contributed by atoms with Gasteiger partial charge in [0.05, 0.1) is 17.6 Å². The van der Waals surface area contributed by atoms with E-state index in [2.05, 4.69) is 10.4 Å². The molecule has 0 aliphatic carbocycles. The maximum atomic E-state index is 12.8. The Morgan fingerprint density at radius 1 is 1.37 bits per heavy atom. The number of nitrogens with one attached hydrogen (secondary N) is 1. The number of amides is 1. The molecule has 0 aliphatic rings. The fraction of sp³-hybridized carbons (Fsp3) is 0.231. The van der Waals surface area contributed by atoms with E-state index in [1.165, 1.54) is 10.9 Å². The standard InChI is InChI=1S/C13H13F2N3O/c1-2-9-3-5-10(6-4-9)18-7-11(16-8-19)12(17-18)13(14)15/h3-8,13H,2H2,1H3,(H,16,19). The third kappa shape index (κ3) is 2.78. The zero-order valence-electron chi connectivity index (χ0n) is 10.3. The predicted octanol–water partition coefficient (Wildman–Crippen LogP) is 2.94. The number of hydrogen-bond donors (Lipinski definition) is 1. The number of rotatable bonds is 5. The van der Waals surface area contributed by atoms with E-state index in [4.69, 9.17) is 0 Å². The van der Waals surface area contributed by atoms with Crippen molar-refractivity contribution in [1.29, 1.82) is 0 Å². The molecule has 100 valence electrons. The lowest BCUT2D eigenvalue weighted by molar-refractivity contribution is -0.105. The molecular weight excluding hydrogens is 252 g/mol. The minimum Gasteiger partial charge on any atom is -0.326 e. The Balaban J connectivity index is 2.38. The smallest absolute Gasteiger partial charge is 0.284 e. The van der Waals surface area contributed by atoms with Crippen LogP contribution in [0.4, 0.5) is 14.5 Å². The van der Waals surface area contributed by atoms with E-state index in [1.54, 1.807) is 12.1 Å². The number of carbonyl (C=O) groups is 1. The van der Waals surface area contributed by atoms with Gasteiger partial charge in [0.1, 0.15) is 0 Å². The molecule has 2 aromatic rings. The highest BCUT2D eigenvalue weighted by Crippen LogP contribution is 2.26. The highest BCUT2D eigenvalue weighted by atomic mass is 19.3. The Morgan fingerprint density at radius 2 is 2.05 bits per heavy atom. The summed E-state index contributed by atoms with van der Waals surface area (Å²) in [6, 6.07) is 7.41. The number of alkyl halides is 2. The van der Waals surface area contributed by atoms with Crippen molar-refractivity contribution >= 4 is 12.1 Å². The van der Waals surface area contributed by atoms with Gasteiger partial charge >= 0.3 is 0 Å². The van der Waals surface area contributed by atoms with Gasteiger partial charge in [-0.05, 0) is 24.1 Å². The number of aromatic nitrogens is 2. The van der Waals surface area contributed by atoms with Gasteiger partial charge in [0, 0.05) is 0 Å². The van der Waals surface area contributed by atoms with Gasteiger partial charge < -0.3 is 5.32 Å². The first kappa shape index (κ1) is 13.2. The molecule has 0 atom stereocenters. The molecule has 1 aromatic carbocycles.